The number of aromatic amines is 1. The van der Waals surface area contributed by atoms with Crippen molar-refractivity contribution in [2.45, 2.75) is 0 Å². The number of carbonyl (C=O) groups is 2. The summed E-state index contributed by atoms with van der Waals surface area (Å²) in [7, 11) is 0. The summed E-state index contributed by atoms with van der Waals surface area (Å²) in [4.78, 5) is 36.4. The van der Waals surface area contributed by atoms with E-state index in [2.05, 4.69) is 21.0 Å². The summed E-state index contributed by atoms with van der Waals surface area (Å²) in [5.41, 5.74) is 4.58. The molecule has 9 heteroatoms. The molecule has 0 saturated carbocycles. The highest BCUT2D eigenvalue weighted by molar-refractivity contribution is 6.05. The number of amides is 2. The molecule has 0 fully saturated rings. The molecular formula is C20H13FN4O4. The Morgan fingerprint density at radius 2 is 1.59 bits per heavy atom. The predicted molar refractivity (Wildman–Crippen MR) is 101 cm³/mol. The number of rotatable bonds is 3. The van der Waals surface area contributed by atoms with Crippen molar-refractivity contribution in [3.63, 3.8) is 0 Å². The van der Waals surface area contributed by atoms with Crippen LogP contribution in [0.5, 0.6) is 0 Å². The van der Waals surface area contributed by atoms with Crippen LogP contribution < -0.4 is 16.4 Å². The fraction of sp³-hybridized carbons (Fsp3) is 0. The summed E-state index contributed by atoms with van der Waals surface area (Å²) in [5.74, 6) is -1.47. The van der Waals surface area contributed by atoms with Crippen LogP contribution in [0.25, 0.3) is 22.1 Å². The number of halogens is 1. The van der Waals surface area contributed by atoms with Crippen molar-refractivity contribution >= 4 is 22.6 Å². The van der Waals surface area contributed by atoms with Gasteiger partial charge in [0.1, 0.15) is 11.6 Å². The number of fused-ring (bicyclic) bond motifs is 1. The van der Waals surface area contributed by atoms with E-state index in [1.165, 1.54) is 30.3 Å². The highest BCUT2D eigenvalue weighted by atomic mass is 19.1. The summed E-state index contributed by atoms with van der Waals surface area (Å²) in [6, 6.07) is 15.0. The molecule has 2 heterocycles. The molecule has 0 aliphatic rings. The maximum absolute atomic E-state index is 13.0. The topological polar surface area (TPSA) is 117 Å². The minimum atomic E-state index is -0.712. The molecule has 0 spiro atoms. The average molecular weight is 392 g/mol. The van der Waals surface area contributed by atoms with Crippen molar-refractivity contribution in [3.05, 3.63) is 88.3 Å². The zero-order chi connectivity index (χ0) is 20.4. The van der Waals surface area contributed by atoms with E-state index in [1.54, 1.807) is 30.3 Å². The van der Waals surface area contributed by atoms with Gasteiger partial charge in [0.25, 0.3) is 11.5 Å². The molecule has 0 unspecified atom stereocenters. The number of carbonyl (C=O) groups excluding carboxylic acids is 2. The van der Waals surface area contributed by atoms with Gasteiger partial charge in [-0.3, -0.25) is 25.2 Å². The van der Waals surface area contributed by atoms with Crippen molar-refractivity contribution < 1.29 is 18.4 Å². The zero-order valence-electron chi connectivity index (χ0n) is 14.7. The Morgan fingerprint density at radius 3 is 2.34 bits per heavy atom. The monoisotopic (exact) mass is 392 g/mol. The van der Waals surface area contributed by atoms with E-state index in [4.69, 9.17) is 4.42 Å². The molecule has 2 aromatic carbocycles. The minimum absolute atomic E-state index is 0.0491. The van der Waals surface area contributed by atoms with Gasteiger partial charge in [0.2, 0.25) is 0 Å². The fourth-order valence-electron chi connectivity index (χ4n) is 2.75. The van der Waals surface area contributed by atoms with Crippen molar-refractivity contribution in [1.82, 2.24) is 21.0 Å². The molecule has 8 nitrogen and oxygen atoms in total. The number of furan rings is 1. The number of H-pyrrole nitrogens is 1. The number of hydrogen-bond donors (Lipinski definition) is 3. The first kappa shape index (κ1) is 18.1. The molecule has 0 aliphatic carbocycles. The van der Waals surface area contributed by atoms with Crippen LogP contribution in [-0.4, -0.2) is 22.0 Å². The van der Waals surface area contributed by atoms with Gasteiger partial charge >= 0.3 is 5.91 Å². The van der Waals surface area contributed by atoms with Gasteiger partial charge in [0.15, 0.2) is 11.5 Å². The number of hydrogen-bond acceptors (Lipinski definition) is 5. The quantitative estimate of drug-likeness (QED) is 0.463. The SMILES string of the molecule is O=C(NNC(=O)c1n[nH]c(=O)c2ccccc12)c1ccc(-c2ccc(F)cc2)o1. The molecule has 2 aromatic heterocycles. The third-order valence-electron chi connectivity index (χ3n) is 4.16. The van der Waals surface area contributed by atoms with E-state index in [9.17, 15) is 18.8 Å². The number of benzene rings is 2. The molecule has 0 radical (unpaired) electrons. The summed E-state index contributed by atoms with van der Waals surface area (Å²) in [6.45, 7) is 0. The van der Waals surface area contributed by atoms with Crippen LogP contribution in [-0.2, 0) is 0 Å². The summed E-state index contributed by atoms with van der Waals surface area (Å²) in [5, 5.41) is 6.64. The molecule has 2 amide bonds. The number of aromatic nitrogens is 2. The van der Waals surface area contributed by atoms with Gasteiger partial charge in [0.05, 0.1) is 5.39 Å². The fourth-order valence-corrected chi connectivity index (χ4v) is 2.75. The normalized spacial score (nSPS) is 10.7. The molecule has 3 N–H and O–H groups in total. The minimum Gasteiger partial charge on any atom is -0.451 e. The number of nitrogens with one attached hydrogen (secondary N) is 3. The van der Waals surface area contributed by atoms with Gasteiger partial charge in [-0.1, -0.05) is 18.2 Å². The van der Waals surface area contributed by atoms with E-state index in [0.717, 1.165) is 0 Å². The van der Waals surface area contributed by atoms with Crippen LogP contribution in [0.4, 0.5) is 4.39 Å². The Bertz CT molecular complexity index is 1280. The Balaban J connectivity index is 1.48. The van der Waals surface area contributed by atoms with E-state index in [-0.39, 0.29) is 17.3 Å². The Labute approximate surface area is 162 Å². The highest BCUT2D eigenvalue weighted by Crippen LogP contribution is 2.22. The van der Waals surface area contributed by atoms with E-state index < -0.39 is 17.4 Å². The number of nitrogens with zero attached hydrogens (tertiary/aromatic N) is 1. The maximum atomic E-state index is 13.0. The third-order valence-corrected chi connectivity index (χ3v) is 4.16. The highest BCUT2D eigenvalue weighted by Gasteiger charge is 2.17. The zero-order valence-corrected chi connectivity index (χ0v) is 14.7. The lowest BCUT2D eigenvalue weighted by atomic mass is 10.1. The van der Waals surface area contributed by atoms with Crippen LogP contribution in [0.2, 0.25) is 0 Å². The van der Waals surface area contributed by atoms with Gasteiger partial charge in [-0.05, 0) is 42.5 Å². The number of hydrazine groups is 1. The van der Waals surface area contributed by atoms with Gasteiger partial charge in [-0.25, -0.2) is 9.49 Å². The molecule has 4 rings (SSSR count). The second kappa shape index (κ2) is 7.39. The standard InChI is InChI=1S/C20H13FN4O4/c21-12-7-5-11(6-8-12)15-9-10-16(29-15)19(27)24-25-20(28)17-13-3-1-2-4-14(13)18(26)23-22-17/h1-10H,(H,23,26)(H,24,27)(H,25,28). The van der Waals surface area contributed by atoms with Gasteiger partial charge in [-0.2, -0.15) is 5.10 Å². The average Bonchev–Trinajstić information content (AvgIpc) is 3.23. The van der Waals surface area contributed by atoms with E-state index in [0.29, 0.717) is 22.1 Å². The van der Waals surface area contributed by atoms with Crippen LogP contribution in [0.3, 0.4) is 0 Å². The van der Waals surface area contributed by atoms with Crippen LogP contribution in [0, 0.1) is 5.82 Å². The first-order valence-electron chi connectivity index (χ1n) is 8.47. The van der Waals surface area contributed by atoms with Crippen LogP contribution >= 0.6 is 0 Å². The molecule has 0 bridgehead atoms. The lowest BCUT2D eigenvalue weighted by Crippen LogP contribution is -2.42. The Morgan fingerprint density at radius 1 is 0.897 bits per heavy atom. The first-order valence-corrected chi connectivity index (χ1v) is 8.47. The molecule has 4 aromatic rings. The van der Waals surface area contributed by atoms with Crippen molar-refractivity contribution in [2.75, 3.05) is 0 Å². The van der Waals surface area contributed by atoms with Gasteiger partial charge in [0, 0.05) is 10.9 Å². The lowest BCUT2D eigenvalue weighted by molar-refractivity contribution is 0.0829. The van der Waals surface area contributed by atoms with Crippen LogP contribution in [0.1, 0.15) is 21.0 Å². The lowest BCUT2D eigenvalue weighted by Gasteiger charge is -2.07. The second-order valence-corrected chi connectivity index (χ2v) is 6.03. The van der Waals surface area contributed by atoms with Crippen molar-refractivity contribution in [3.8, 4) is 11.3 Å². The molecule has 29 heavy (non-hydrogen) atoms. The van der Waals surface area contributed by atoms with E-state index >= 15 is 0 Å². The largest absolute Gasteiger partial charge is 0.451 e. The summed E-state index contributed by atoms with van der Waals surface area (Å²) < 4.78 is 18.5. The van der Waals surface area contributed by atoms with Crippen molar-refractivity contribution in [1.29, 1.82) is 0 Å². The molecular weight excluding hydrogens is 379 g/mol. The Hall–Kier alpha value is -4.27. The first-order chi connectivity index (χ1) is 14.0. The Kier molecular flexibility index (Phi) is 4.62. The predicted octanol–water partition coefficient (Wildman–Crippen LogP) is 2.40. The van der Waals surface area contributed by atoms with Crippen molar-refractivity contribution in [2.24, 2.45) is 0 Å². The molecule has 0 aliphatic heterocycles. The maximum Gasteiger partial charge on any atom is 0.305 e. The van der Waals surface area contributed by atoms with Crippen LogP contribution in [0.15, 0.2) is 69.9 Å². The van der Waals surface area contributed by atoms with Gasteiger partial charge < -0.3 is 4.42 Å². The van der Waals surface area contributed by atoms with Gasteiger partial charge in [-0.15, -0.1) is 0 Å². The summed E-state index contributed by atoms with van der Waals surface area (Å²) in [6.07, 6.45) is 0. The third kappa shape index (κ3) is 3.61. The summed E-state index contributed by atoms with van der Waals surface area (Å²) >= 11 is 0. The second-order valence-electron chi connectivity index (χ2n) is 6.03. The molecule has 0 atom stereocenters. The molecule has 0 saturated heterocycles. The molecule has 144 valence electrons. The van der Waals surface area contributed by atoms with E-state index in [1.807, 2.05) is 0 Å². The smallest absolute Gasteiger partial charge is 0.305 e.